The summed E-state index contributed by atoms with van der Waals surface area (Å²) in [6.07, 6.45) is 7.35. The number of amides is 1. The monoisotopic (exact) mass is 442 g/mol. The molecule has 3 fully saturated rings. The first-order valence-electron chi connectivity index (χ1n) is 12.5. The van der Waals surface area contributed by atoms with E-state index in [-0.39, 0.29) is 17.0 Å². The van der Waals surface area contributed by atoms with Crippen LogP contribution in [0.5, 0.6) is 0 Å². The zero-order chi connectivity index (χ0) is 23.0. The minimum atomic E-state index is -0.666. The van der Waals surface area contributed by atoms with Crippen LogP contribution in [0, 0.1) is 11.3 Å². The van der Waals surface area contributed by atoms with Gasteiger partial charge < -0.3 is 16.2 Å². The fourth-order valence-electron chi connectivity index (χ4n) is 6.21. The van der Waals surface area contributed by atoms with E-state index in [1.807, 2.05) is 13.8 Å². The molecule has 1 heterocycles. The second-order valence-corrected chi connectivity index (χ2v) is 11.2. The molecule has 2 aliphatic carbocycles. The molecule has 1 aromatic carbocycles. The van der Waals surface area contributed by atoms with Crippen molar-refractivity contribution in [3.8, 4) is 0 Å². The smallest absolute Gasteiger partial charge is 0.224 e. The molecule has 4 N–H and O–H groups in total. The molecule has 0 aromatic heterocycles. The summed E-state index contributed by atoms with van der Waals surface area (Å²) in [4.78, 5) is 16.5. The molecule has 2 saturated carbocycles. The maximum Gasteiger partial charge on any atom is 0.224 e. The quantitative estimate of drug-likeness (QED) is 0.577. The van der Waals surface area contributed by atoms with Gasteiger partial charge in [0.25, 0.3) is 0 Å². The highest BCUT2D eigenvalue weighted by Crippen LogP contribution is 2.48. The molecule has 6 heteroatoms. The third-order valence-electron chi connectivity index (χ3n) is 8.53. The molecule has 178 valence electrons. The minimum Gasteiger partial charge on any atom is -0.369 e. The second-order valence-electron chi connectivity index (χ2n) is 11.2. The lowest BCUT2D eigenvalue weighted by molar-refractivity contribution is -0.131. The average Bonchev–Trinajstić information content (AvgIpc) is 2.98. The van der Waals surface area contributed by atoms with Gasteiger partial charge in [-0.3, -0.25) is 14.6 Å². The van der Waals surface area contributed by atoms with Gasteiger partial charge in [0.2, 0.25) is 5.91 Å². The summed E-state index contributed by atoms with van der Waals surface area (Å²) in [7, 11) is 0. The molecular formula is C26H42N4O2. The number of nitrogens with zero attached hydrogens (tertiary/aromatic N) is 2. The number of carbonyl (C=O) groups is 1. The third-order valence-corrected chi connectivity index (χ3v) is 8.53. The van der Waals surface area contributed by atoms with Crippen LogP contribution >= 0.6 is 0 Å². The molecule has 1 unspecified atom stereocenters. The van der Waals surface area contributed by atoms with Crippen molar-refractivity contribution in [2.45, 2.75) is 83.1 Å². The zero-order valence-corrected chi connectivity index (χ0v) is 20.1. The van der Waals surface area contributed by atoms with Crippen molar-refractivity contribution < 1.29 is 9.90 Å². The Bertz CT molecular complexity index is 784. The van der Waals surface area contributed by atoms with Gasteiger partial charge in [0.15, 0.2) is 6.35 Å². The van der Waals surface area contributed by atoms with E-state index in [2.05, 4.69) is 52.4 Å². The predicted molar refractivity (Wildman–Crippen MR) is 128 cm³/mol. The van der Waals surface area contributed by atoms with Crippen LogP contribution < -0.4 is 11.1 Å². The van der Waals surface area contributed by atoms with E-state index in [9.17, 15) is 9.90 Å². The van der Waals surface area contributed by atoms with E-state index in [4.69, 9.17) is 5.73 Å². The number of hydrogen-bond donors (Lipinski definition) is 3. The average molecular weight is 443 g/mol. The molecule has 4 rings (SSSR count). The van der Waals surface area contributed by atoms with Crippen molar-refractivity contribution in [1.82, 2.24) is 15.1 Å². The normalized spacial score (nSPS) is 32.3. The van der Waals surface area contributed by atoms with Crippen LogP contribution in [0.1, 0.15) is 71.3 Å². The number of rotatable bonds is 8. The molecule has 3 aliphatic rings. The molecule has 1 aromatic rings. The van der Waals surface area contributed by atoms with Crippen molar-refractivity contribution in [2.24, 2.45) is 17.1 Å². The lowest BCUT2D eigenvalue weighted by atomic mass is 9.68. The summed E-state index contributed by atoms with van der Waals surface area (Å²) in [6.45, 7) is 9.14. The van der Waals surface area contributed by atoms with Gasteiger partial charge in [0.1, 0.15) is 0 Å². The largest absolute Gasteiger partial charge is 0.369 e. The lowest BCUT2D eigenvalue weighted by Gasteiger charge is -2.50. The number of aliphatic hydroxyl groups excluding tert-OH is 1. The molecular weight excluding hydrogens is 400 g/mol. The highest BCUT2D eigenvalue weighted by molar-refractivity contribution is 5.80. The van der Waals surface area contributed by atoms with Gasteiger partial charge in [-0.15, -0.1) is 0 Å². The molecule has 1 saturated heterocycles. The topological polar surface area (TPSA) is 81.8 Å². The Morgan fingerprint density at radius 3 is 2.38 bits per heavy atom. The first kappa shape index (κ1) is 23.7. The summed E-state index contributed by atoms with van der Waals surface area (Å²) in [6, 6.07) is 10.8. The highest BCUT2D eigenvalue weighted by Gasteiger charge is 2.55. The van der Waals surface area contributed by atoms with E-state index in [1.54, 1.807) is 0 Å². The Labute approximate surface area is 193 Å². The predicted octanol–water partition coefficient (Wildman–Crippen LogP) is 3.01. The standard InChI is InChI=1S/C26H42N4O2/c1-4-28-26(21-11-6-5-7-12-21)15-13-25(14-16-26)19-29(18-24(2,3)22(27)31)23(32)30(25)17-20-9-8-10-20/h5-7,11-12,20,23,28,32H,4,8-10,13-19H2,1-3H3,(H2,27,31)/t23?,25-,26+. The van der Waals surface area contributed by atoms with Crippen LogP contribution in [0.4, 0.5) is 0 Å². The van der Waals surface area contributed by atoms with Crippen LogP contribution in [0.25, 0.3) is 0 Å². The van der Waals surface area contributed by atoms with Crippen molar-refractivity contribution in [3.05, 3.63) is 35.9 Å². The van der Waals surface area contributed by atoms with E-state index >= 15 is 0 Å². The highest BCUT2D eigenvalue weighted by atomic mass is 16.3. The first-order valence-corrected chi connectivity index (χ1v) is 12.5. The Balaban J connectivity index is 1.57. The Morgan fingerprint density at radius 1 is 1.19 bits per heavy atom. The molecule has 1 aliphatic heterocycles. The van der Waals surface area contributed by atoms with Gasteiger partial charge in [-0.05, 0) is 70.4 Å². The maximum absolute atomic E-state index is 12.0. The van der Waals surface area contributed by atoms with Crippen LogP contribution in [0.2, 0.25) is 0 Å². The molecule has 1 amide bonds. The number of primary amides is 1. The number of hydrogen-bond acceptors (Lipinski definition) is 5. The van der Waals surface area contributed by atoms with Crippen LogP contribution in [0.15, 0.2) is 30.3 Å². The molecule has 0 radical (unpaired) electrons. The molecule has 32 heavy (non-hydrogen) atoms. The number of nitrogens with two attached hydrogens (primary N) is 1. The molecule has 6 nitrogen and oxygen atoms in total. The molecule has 0 bridgehead atoms. The Hall–Kier alpha value is -1.47. The Morgan fingerprint density at radius 2 is 1.84 bits per heavy atom. The van der Waals surface area contributed by atoms with E-state index in [1.165, 1.54) is 24.8 Å². The lowest BCUT2D eigenvalue weighted by Crippen LogP contribution is -2.57. The first-order chi connectivity index (χ1) is 15.2. The van der Waals surface area contributed by atoms with Crippen molar-refractivity contribution in [3.63, 3.8) is 0 Å². The fraction of sp³-hybridized carbons (Fsp3) is 0.731. The third kappa shape index (κ3) is 4.35. The second kappa shape index (κ2) is 9.05. The number of aliphatic hydroxyl groups is 1. The van der Waals surface area contributed by atoms with Crippen molar-refractivity contribution in [2.75, 3.05) is 26.2 Å². The SMILES string of the molecule is CCN[C@]1(c2ccccc2)CC[C@]2(CC1)CN(CC(C)(C)C(N)=O)C(O)N2CC1CCC1. The van der Waals surface area contributed by atoms with Gasteiger partial charge in [-0.2, -0.15) is 0 Å². The van der Waals surface area contributed by atoms with Crippen LogP contribution in [-0.2, 0) is 10.3 Å². The molecule has 1 spiro atoms. The van der Waals surface area contributed by atoms with Crippen LogP contribution in [-0.4, -0.2) is 58.9 Å². The maximum atomic E-state index is 12.0. The number of nitrogens with one attached hydrogen (secondary N) is 1. The van der Waals surface area contributed by atoms with Gasteiger partial charge in [-0.25, -0.2) is 0 Å². The summed E-state index contributed by atoms with van der Waals surface area (Å²) in [5.41, 5.74) is 6.33. The minimum absolute atomic E-state index is 0.00569. The van der Waals surface area contributed by atoms with Gasteiger partial charge in [0, 0.05) is 30.7 Å². The van der Waals surface area contributed by atoms with E-state index in [0.29, 0.717) is 12.5 Å². The summed E-state index contributed by atoms with van der Waals surface area (Å²) < 4.78 is 0. The Kier molecular flexibility index (Phi) is 6.70. The van der Waals surface area contributed by atoms with E-state index < -0.39 is 11.8 Å². The number of benzene rings is 1. The number of carbonyl (C=O) groups excluding carboxylic acids is 1. The van der Waals surface area contributed by atoms with Crippen molar-refractivity contribution >= 4 is 5.91 Å². The summed E-state index contributed by atoms with van der Waals surface area (Å²) in [5.74, 6) is 0.371. The zero-order valence-electron chi connectivity index (χ0n) is 20.1. The van der Waals surface area contributed by atoms with Crippen molar-refractivity contribution in [1.29, 1.82) is 0 Å². The summed E-state index contributed by atoms with van der Waals surface area (Å²) >= 11 is 0. The van der Waals surface area contributed by atoms with Crippen LogP contribution in [0.3, 0.4) is 0 Å². The van der Waals surface area contributed by atoms with Gasteiger partial charge in [0.05, 0.1) is 5.41 Å². The fourth-order valence-corrected chi connectivity index (χ4v) is 6.21. The van der Waals surface area contributed by atoms with E-state index in [0.717, 1.165) is 45.3 Å². The molecule has 1 atom stereocenters. The van der Waals surface area contributed by atoms with Gasteiger partial charge in [-0.1, -0.05) is 43.7 Å². The van der Waals surface area contributed by atoms with Gasteiger partial charge >= 0.3 is 0 Å². The summed E-state index contributed by atoms with van der Waals surface area (Å²) in [5, 5.41) is 15.2.